The van der Waals surface area contributed by atoms with Gasteiger partial charge in [0.25, 0.3) is 23.6 Å². The van der Waals surface area contributed by atoms with Crippen LogP contribution in [0.2, 0.25) is 0 Å². The molecule has 29 heteroatoms. The molecule has 0 saturated carbocycles. The van der Waals surface area contributed by atoms with Gasteiger partial charge in [-0.3, -0.25) is 29.1 Å². The van der Waals surface area contributed by atoms with Crippen LogP contribution in [0, 0.1) is 17.5 Å². The molecule has 71 heavy (non-hydrogen) atoms. The Bertz CT molecular complexity index is 2900. The molecule has 2 aromatic heterocycles. The van der Waals surface area contributed by atoms with Gasteiger partial charge in [-0.2, -0.15) is 26.3 Å². The van der Waals surface area contributed by atoms with Crippen LogP contribution in [0.25, 0.3) is 0 Å². The summed E-state index contributed by atoms with van der Waals surface area (Å²) in [6.45, 7) is 0. The number of hydrogen-bond acceptors (Lipinski definition) is 10. The molecule has 0 radical (unpaired) electrons. The van der Waals surface area contributed by atoms with E-state index in [1.165, 1.54) is 12.1 Å². The predicted molar refractivity (Wildman–Crippen MR) is 212 cm³/mol. The van der Waals surface area contributed by atoms with Crippen molar-refractivity contribution in [2.75, 3.05) is 10.6 Å². The second kappa shape index (κ2) is 22.1. The second-order valence-corrected chi connectivity index (χ2v) is 13.3. The number of anilines is 2. The Morgan fingerprint density at radius 3 is 1.28 bits per heavy atom. The normalized spacial score (nSPS) is 11.4. The standard InChI is InChI=1S/C21H12F7N3O4.C14H8F5N3O2.C7H5F3O2/c22-15-8-13(19(33)31-10-5-6-30-16(7-10)18(29)32)17(9-14(15)20(23,24)25)34-11-1-3-12(4-2-11)35-21(26,27)28;15-9-5-8(14(17,18)19)10(16)4-7(9)13(24)22-6-1-2-21-11(3-6)12(20)23;8-7(9,10)12-6-3-1-5(11)2-4-6/h1-9H,(H2,29,32)(H,30,31,33);1-5H,(H2,20,23)(H,21,22,24);1-4,11H. The lowest BCUT2D eigenvalue weighted by Crippen LogP contribution is -2.18. The maximum absolute atomic E-state index is 14.2. The highest BCUT2D eigenvalue weighted by Gasteiger charge is 2.38. The second-order valence-electron chi connectivity index (χ2n) is 13.3. The number of nitrogens with one attached hydrogen (secondary N) is 2. The van der Waals surface area contributed by atoms with Crippen LogP contribution in [0.15, 0.2) is 109 Å². The van der Waals surface area contributed by atoms with E-state index in [1.54, 1.807) is 0 Å². The molecule has 4 aromatic carbocycles. The molecule has 0 aliphatic heterocycles. The maximum atomic E-state index is 14.2. The Morgan fingerprint density at radius 2 is 0.873 bits per heavy atom. The number of aromatic nitrogens is 2. The van der Waals surface area contributed by atoms with Crippen LogP contribution in [0.4, 0.5) is 77.2 Å². The fourth-order valence-corrected chi connectivity index (χ4v) is 5.14. The van der Waals surface area contributed by atoms with Crippen LogP contribution in [0.1, 0.15) is 52.8 Å². The molecule has 0 unspecified atom stereocenters. The van der Waals surface area contributed by atoms with Crippen molar-refractivity contribution in [3.8, 4) is 28.7 Å². The molecule has 6 rings (SSSR count). The van der Waals surface area contributed by atoms with Gasteiger partial charge in [0, 0.05) is 23.8 Å². The van der Waals surface area contributed by atoms with Gasteiger partial charge >= 0.3 is 25.1 Å². The van der Waals surface area contributed by atoms with Crippen molar-refractivity contribution >= 4 is 35.0 Å². The molecule has 4 amide bonds. The number of alkyl halides is 12. The summed E-state index contributed by atoms with van der Waals surface area (Å²) in [6, 6.07) is 12.9. The summed E-state index contributed by atoms with van der Waals surface area (Å²) >= 11 is 0. The molecule has 0 spiro atoms. The zero-order valence-corrected chi connectivity index (χ0v) is 34.4. The molecule has 6 aromatic rings. The molecular weight excluding hydrogens is 1000 g/mol. The lowest BCUT2D eigenvalue weighted by atomic mass is 10.1. The number of phenols is 1. The number of phenolic OH excluding ortho intramolecular Hbond substituents is 1. The third-order valence-corrected chi connectivity index (χ3v) is 8.12. The number of primary amides is 2. The summed E-state index contributed by atoms with van der Waals surface area (Å²) in [5.74, 6) is -11.4. The van der Waals surface area contributed by atoms with E-state index < -0.39 is 99.9 Å². The topological polar surface area (TPSA) is 218 Å². The van der Waals surface area contributed by atoms with E-state index in [0.717, 1.165) is 73.1 Å². The van der Waals surface area contributed by atoms with Crippen LogP contribution >= 0.6 is 0 Å². The van der Waals surface area contributed by atoms with Gasteiger partial charge < -0.3 is 41.4 Å². The molecular formula is C42H25F15N6O8. The number of ether oxygens (including phenoxy) is 3. The maximum Gasteiger partial charge on any atom is 0.573 e. The first kappa shape index (κ1) is 54.8. The highest BCUT2D eigenvalue weighted by atomic mass is 19.4. The van der Waals surface area contributed by atoms with E-state index in [0.29, 0.717) is 0 Å². The Morgan fingerprint density at radius 1 is 0.493 bits per heavy atom. The molecule has 0 aliphatic rings. The number of amides is 4. The summed E-state index contributed by atoms with van der Waals surface area (Å²) in [6.07, 6.45) is -17.7. The van der Waals surface area contributed by atoms with Gasteiger partial charge in [-0.25, -0.2) is 13.2 Å². The Kier molecular flexibility index (Phi) is 17.1. The highest BCUT2D eigenvalue weighted by molar-refractivity contribution is 6.07. The summed E-state index contributed by atoms with van der Waals surface area (Å²) in [7, 11) is 0. The van der Waals surface area contributed by atoms with Gasteiger partial charge in [0.1, 0.15) is 57.6 Å². The minimum Gasteiger partial charge on any atom is -0.508 e. The van der Waals surface area contributed by atoms with E-state index >= 15 is 0 Å². The number of rotatable bonds is 10. The Balaban J connectivity index is 0.000000261. The number of carbonyl (C=O) groups is 4. The minimum absolute atomic E-state index is 0.0245. The number of pyridine rings is 2. The first-order chi connectivity index (χ1) is 32.8. The van der Waals surface area contributed by atoms with E-state index in [2.05, 4.69) is 30.1 Å². The van der Waals surface area contributed by atoms with Crippen molar-refractivity contribution in [1.29, 1.82) is 0 Å². The fraction of sp³-hybridized carbons (Fsp3) is 0.0952. The van der Waals surface area contributed by atoms with Crippen molar-refractivity contribution < 1.29 is 104 Å². The number of nitrogens with two attached hydrogens (primary N) is 2. The van der Waals surface area contributed by atoms with E-state index in [4.69, 9.17) is 21.3 Å². The van der Waals surface area contributed by atoms with Crippen LogP contribution in [-0.2, 0) is 12.4 Å². The lowest BCUT2D eigenvalue weighted by Gasteiger charge is -2.16. The number of aromatic hydroxyl groups is 1. The van der Waals surface area contributed by atoms with Gasteiger partial charge in [-0.1, -0.05) is 0 Å². The van der Waals surface area contributed by atoms with E-state index in [1.807, 2.05) is 0 Å². The largest absolute Gasteiger partial charge is 0.573 e. The quantitative estimate of drug-likeness (QED) is 0.0818. The van der Waals surface area contributed by atoms with Crippen molar-refractivity contribution in [3.05, 3.63) is 161 Å². The third-order valence-electron chi connectivity index (χ3n) is 8.12. The van der Waals surface area contributed by atoms with Crippen LogP contribution < -0.4 is 36.3 Å². The van der Waals surface area contributed by atoms with Crippen LogP contribution in [-0.4, -0.2) is 51.4 Å². The first-order valence-corrected chi connectivity index (χ1v) is 18.5. The Hall–Kier alpha value is -8.79. The molecule has 0 saturated heterocycles. The molecule has 0 bridgehead atoms. The van der Waals surface area contributed by atoms with Crippen molar-refractivity contribution in [2.45, 2.75) is 25.1 Å². The minimum atomic E-state index is -5.15. The SMILES string of the molecule is NC(=O)c1cc(NC(=O)c2cc(F)c(C(F)(F)F)cc2F)ccn1.NC(=O)c1cc(NC(=O)c2cc(F)c(C(F)(F)F)cc2Oc2ccc(OC(F)(F)F)cc2)ccn1.Oc1ccc(OC(F)(F)F)cc1. The van der Waals surface area contributed by atoms with Crippen molar-refractivity contribution in [1.82, 2.24) is 9.97 Å². The lowest BCUT2D eigenvalue weighted by molar-refractivity contribution is -0.275. The number of halogens is 15. The summed E-state index contributed by atoms with van der Waals surface area (Å²) in [5, 5.41) is 13.1. The molecule has 376 valence electrons. The average molecular weight is 1030 g/mol. The van der Waals surface area contributed by atoms with E-state index in [-0.39, 0.29) is 64.3 Å². The average Bonchev–Trinajstić information content (AvgIpc) is 3.25. The highest BCUT2D eigenvalue weighted by Crippen LogP contribution is 2.38. The van der Waals surface area contributed by atoms with Crippen molar-refractivity contribution in [2.24, 2.45) is 11.5 Å². The number of hydrogen-bond donors (Lipinski definition) is 5. The predicted octanol–water partition coefficient (Wildman–Crippen LogP) is 10.3. The molecule has 0 fully saturated rings. The number of benzene rings is 4. The number of nitrogens with zero attached hydrogens (tertiary/aromatic N) is 2. The number of carbonyl (C=O) groups excluding carboxylic acids is 4. The Labute approximate surface area is 385 Å². The van der Waals surface area contributed by atoms with Crippen LogP contribution in [0.3, 0.4) is 0 Å². The van der Waals surface area contributed by atoms with Crippen LogP contribution in [0.5, 0.6) is 28.7 Å². The summed E-state index contributed by atoms with van der Waals surface area (Å²) in [5.41, 5.74) is 4.39. The van der Waals surface area contributed by atoms with Gasteiger partial charge in [0.2, 0.25) is 0 Å². The zero-order chi connectivity index (χ0) is 53.2. The first-order valence-electron chi connectivity index (χ1n) is 18.5. The molecule has 0 atom stereocenters. The van der Waals surface area contributed by atoms with Gasteiger partial charge in [-0.05, 0) is 97.1 Å². The summed E-state index contributed by atoms with van der Waals surface area (Å²) < 4.78 is 202. The molecule has 7 N–H and O–H groups in total. The van der Waals surface area contributed by atoms with Gasteiger partial charge in [0.15, 0.2) is 0 Å². The van der Waals surface area contributed by atoms with Gasteiger partial charge in [-0.15, -0.1) is 26.3 Å². The smallest absolute Gasteiger partial charge is 0.508 e. The monoisotopic (exact) mass is 1030 g/mol. The third kappa shape index (κ3) is 16.7. The molecule has 0 aliphatic carbocycles. The fourth-order valence-electron chi connectivity index (χ4n) is 5.14. The summed E-state index contributed by atoms with van der Waals surface area (Å²) in [4.78, 5) is 54.1. The molecule has 2 heterocycles. The van der Waals surface area contributed by atoms with Crippen molar-refractivity contribution in [3.63, 3.8) is 0 Å². The molecule has 14 nitrogen and oxygen atoms in total. The zero-order valence-electron chi connectivity index (χ0n) is 34.4. The van der Waals surface area contributed by atoms with Gasteiger partial charge in [0.05, 0.1) is 22.3 Å². The van der Waals surface area contributed by atoms with E-state index in [9.17, 15) is 85.0 Å².